The van der Waals surface area contributed by atoms with Crippen LogP contribution >= 0.6 is 22.9 Å². The van der Waals surface area contributed by atoms with E-state index in [0.717, 1.165) is 10.4 Å². The van der Waals surface area contributed by atoms with Crippen LogP contribution in [-0.2, 0) is 4.74 Å². The Morgan fingerprint density at radius 2 is 1.90 bits per heavy atom. The molecule has 0 atom stereocenters. The van der Waals surface area contributed by atoms with Crippen LogP contribution in [0.3, 0.4) is 0 Å². The van der Waals surface area contributed by atoms with Gasteiger partial charge in [-0.1, -0.05) is 23.7 Å². The zero-order chi connectivity index (χ0) is 21.3. The molecular formula is C21H14ClF2N3O2S. The number of halogens is 3. The van der Waals surface area contributed by atoms with Crippen LogP contribution in [0.15, 0.2) is 48.5 Å². The molecule has 0 saturated heterocycles. The molecule has 0 aliphatic rings. The lowest BCUT2D eigenvalue weighted by atomic mass is 10.2. The van der Waals surface area contributed by atoms with Crippen LogP contribution in [0, 0.1) is 11.6 Å². The summed E-state index contributed by atoms with van der Waals surface area (Å²) in [6.45, 7) is 1.87. The van der Waals surface area contributed by atoms with Crippen molar-refractivity contribution in [2.24, 2.45) is 0 Å². The Bertz CT molecular complexity index is 1250. The van der Waals surface area contributed by atoms with Gasteiger partial charge in [0.25, 0.3) is 0 Å². The third-order valence-electron chi connectivity index (χ3n) is 4.16. The molecule has 1 N–H and O–H groups in total. The van der Waals surface area contributed by atoms with Gasteiger partial charge in [0.2, 0.25) is 5.82 Å². The zero-order valence-corrected chi connectivity index (χ0v) is 17.2. The first-order valence-electron chi connectivity index (χ1n) is 8.91. The Morgan fingerprint density at radius 3 is 2.60 bits per heavy atom. The minimum atomic E-state index is -0.656. The lowest BCUT2D eigenvalue weighted by Crippen LogP contribution is -2.11. The van der Waals surface area contributed by atoms with Crippen LogP contribution in [0.1, 0.15) is 17.5 Å². The van der Waals surface area contributed by atoms with Gasteiger partial charge in [-0.15, -0.1) is 11.3 Å². The van der Waals surface area contributed by atoms with Gasteiger partial charge < -0.3 is 10.1 Å². The molecule has 0 saturated carbocycles. The summed E-state index contributed by atoms with van der Waals surface area (Å²) in [5.41, 5.74) is 1.29. The minimum absolute atomic E-state index is 0.0479. The van der Waals surface area contributed by atoms with E-state index in [1.807, 2.05) is 6.07 Å². The second-order valence-corrected chi connectivity index (χ2v) is 7.64. The molecule has 0 radical (unpaired) electrons. The Hall–Kier alpha value is -3.10. The van der Waals surface area contributed by atoms with Gasteiger partial charge in [0.1, 0.15) is 22.3 Å². The smallest absolute Gasteiger partial charge is 0.376 e. The number of hydrogen-bond acceptors (Lipinski definition) is 6. The number of fused-ring (bicyclic) bond motifs is 1. The quantitative estimate of drug-likeness (QED) is 0.370. The predicted molar refractivity (Wildman–Crippen MR) is 113 cm³/mol. The highest BCUT2D eigenvalue weighted by Crippen LogP contribution is 2.36. The standard InChI is InChI=1S/C21H14ClF2N3O2S/c1-2-29-21(28)19-26-18(25-13-7-8-16(24)15(22)9-13)14-10-17(30-20(14)27-19)11-3-5-12(23)6-4-11/h3-10H,2H2,1H3,(H,25,26,27). The van der Waals surface area contributed by atoms with E-state index < -0.39 is 11.8 Å². The van der Waals surface area contributed by atoms with E-state index >= 15 is 0 Å². The van der Waals surface area contributed by atoms with Gasteiger partial charge in [0.15, 0.2) is 0 Å². The van der Waals surface area contributed by atoms with Crippen LogP contribution < -0.4 is 5.32 Å². The van der Waals surface area contributed by atoms with Crippen molar-refractivity contribution >= 4 is 50.6 Å². The maximum absolute atomic E-state index is 13.5. The van der Waals surface area contributed by atoms with Crippen LogP contribution in [0.5, 0.6) is 0 Å². The molecule has 0 aliphatic carbocycles. The number of esters is 1. The number of rotatable bonds is 5. The summed E-state index contributed by atoms with van der Waals surface area (Å²) in [6.07, 6.45) is 0. The summed E-state index contributed by atoms with van der Waals surface area (Å²) in [6, 6.07) is 12.1. The number of ether oxygens (including phenoxy) is 1. The van der Waals surface area contributed by atoms with Gasteiger partial charge in [-0.2, -0.15) is 0 Å². The van der Waals surface area contributed by atoms with E-state index in [9.17, 15) is 13.6 Å². The van der Waals surface area contributed by atoms with Crippen LogP contribution in [0.2, 0.25) is 5.02 Å². The average molecular weight is 446 g/mol. The normalized spacial score (nSPS) is 10.9. The van der Waals surface area contributed by atoms with Crippen molar-refractivity contribution in [1.29, 1.82) is 0 Å². The number of thiophene rings is 1. The van der Waals surface area contributed by atoms with Gasteiger partial charge in [0, 0.05) is 10.6 Å². The molecule has 152 valence electrons. The number of carbonyl (C=O) groups excluding carboxylic acids is 1. The first-order chi connectivity index (χ1) is 14.4. The molecule has 30 heavy (non-hydrogen) atoms. The molecule has 9 heteroatoms. The molecule has 4 aromatic rings. The van der Waals surface area contributed by atoms with Crippen molar-refractivity contribution in [3.8, 4) is 10.4 Å². The van der Waals surface area contributed by atoms with Crippen LogP contribution in [0.25, 0.3) is 20.7 Å². The molecule has 0 unspecified atom stereocenters. The fourth-order valence-electron chi connectivity index (χ4n) is 2.77. The SMILES string of the molecule is CCOC(=O)c1nc(Nc2ccc(F)c(Cl)c2)c2cc(-c3ccc(F)cc3)sc2n1. The topological polar surface area (TPSA) is 64.1 Å². The van der Waals surface area contributed by atoms with Gasteiger partial charge in [0.05, 0.1) is 17.0 Å². The van der Waals surface area contributed by atoms with Crippen molar-refractivity contribution in [1.82, 2.24) is 9.97 Å². The maximum Gasteiger partial charge on any atom is 0.376 e. The zero-order valence-electron chi connectivity index (χ0n) is 15.6. The highest BCUT2D eigenvalue weighted by Gasteiger charge is 2.18. The summed E-state index contributed by atoms with van der Waals surface area (Å²) >= 11 is 7.20. The van der Waals surface area contributed by atoms with E-state index in [2.05, 4.69) is 15.3 Å². The Labute approximate surface area is 179 Å². The first kappa shape index (κ1) is 20.2. The first-order valence-corrected chi connectivity index (χ1v) is 10.1. The Morgan fingerprint density at radius 1 is 1.13 bits per heavy atom. The fraction of sp³-hybridized carbons (Fsp3) is 0.0952. The largest absolute Gasteiger partial charge is 0.460 e. The van der Waals surface area contributed by atoms with E-state index in [4.69, 9.17) is 16.3 Å². The molecule has 2 aromatic carbocycles. The second kappa shape index (κ2) is 8.33. The lowest BCUT2D eigenvalue weighted by molar-refractivity contribution is 0.0512. The molecule has 0 amide bonds. The summed E-state index contributed by atoms with van der Waals surface area (Å²) < 4.78 is 31.8. The summed E-state index contributed by atoms with van der Waals surface area (Å²) in [5, 5.41) is 3.66. The second-order valence-electron chi connectivity index (χ2n) is 6.21. The molecule has 0 fully saturated rings. The molecule has 2 aromatic heterocycles. The van der Waals surface area contributed by atoms with Crippen molar-refractivity contribution in [2.75, 3.05) is 11.9 Å². The minimum Gasteiger partial charge on any atom is -0.460 e. The summed E-state index contributed by atoms with van der Waals surface area (Å²) in [4.78, 5) is 22.2. The molecule has 0 bridgehead atoms. The number of aromatic nitrogens is 2. The van der Waals surface area contributed by atoms with Crippen molar-refractivity contribution < 1.29 is 18.3 Å². The molecule has 4 rings (SSSR count). The van der Waals surface area contributed by atoms with Crippen LogP contribution in [-0.4, -0.2) is 22.5 Å². The van der Waals surface area contributed by atoms with E-state index in [1.54, 1.807) is 19.1 Å². The van der Waals surface area contributed by atoms with Crippen molar-refractivity contribution in [2.45, 2.75) is 6.92 Å². The van der Waals surface area contributed by atoms with E-state index in [1.165, 1.54) is 41.7 Å². The van der Waals surface area contributed by atoms with Crippen LogP contribution in [0.4, 0.5) is 20.3 Å². The summed E-state index contributed by atoms with van der Waals surface area (Å²) in [7, 11) is 0. The summed E-state index contributed by atoms with van der Waals surface area (Å²) in [5.74, 6) is -1.30. The number of carbonyl (C=O) groups is 1. The molecule has 0 spiro atoms. The number of nitrogens with one attached hydrogen (secondary N) is 1. The fourth-order valence-corrected chi connectivity index (χ4v) is 3.99. The third kappa shape index (κ3) is 4.10. The molecule has 2 heterocycles. The number of anilines is 2. The maximum atomic E-state index is 13.5. The Kier molecular flexibility index (Phi) is 5.61. The lowest BCUT2D eigenvalue weighted by Gasteiger charge is -2.09. The average Bonchev–Trinajstić information content (AvgIpc) is 3.16. The number of benzene rings is 2. The molecule has 0 aliphatic heterocycles. The Balaban J connectivity index is 1.83. The number of nitrogens with zero attached hydrogens (tertiary/aromatic N) is 2. The van der Waals surface area contributed by atoms with Gasteiger partial charge in [-0.05, 0) is 48.9 Å². The predicted octanol–water partition coefficient (Wildman–Crippen LogP) is 6.21. The highest BCUT2D eigenvalue weighted by atomic mass is 35.5. The van der Waals surface area contributed by atoms with Crippen molar-refractivity contribution in [3.05, 3.63) is 71.0 Å². The van der Waals surface area contributed by atoms with Gasteiger partial charge >= 0.3 is 5.97 Å². The van der Waals surface area contributed by atoms with Gasteiger partial charge in [-0.25, -0.2) is 23.5 Å². The van der Waals surface area contributed by atoms with E-state index in [0.29, 0.717) is 21.7 Å². The third-order valence-corrected chi connectivity index (χ3v) is 5.53. The van der Waals surface area contributed by atoms with Crippen molar-refractivity contribution in [3.63, 3.8) is 0 Å². The monoisotopic (exact) mass is 445 g/mol. The number of hydrogen-bond donors (Lipinski definition) is 1. The van der Waals surface area contributed by atoms with E-state index in [-0.39, 0.29) is 23.3 Å². The molecule has 5 nitrogen and oxygen atoms in total. The van der Waals surface area contributed by atoms with Gasteiger partial charge in [-0.3, -0.25) is 0 Å². The molecular weight excluding hydrogens is 432 g/mol. The highest BCUT2D eigenvalue weighted by molar-refractivity contribution is 7.21.